The van der Waals surface area contributed by atoms with Gasteiger partial charge in [0.25, 0.3) is 17.7 Å². The van der Waals surface area contributed by atoms with Crippen molar-refractivity contribution in [3.63, 3.8) is 0 Å². The van der Waals surface area contributed by atoms with Crippen molar-refractivity contribution in [1.29, 1.82) is 0 Å². The Hall–Kier alpha value is -5.39. The van der Waals surface area contributed by atoms with Gasteiger partial charge in [-0.15, -0.1) is 0 Å². The number of nitrogens with zero attached hydrogens (tertiary/aromatic N) is 2. The van der Waals surface area contributed by atoms with E-state index in [1.165, 1.54) is 13.8 Å². The summed E-state index contributed by atoms with van der Waals surface area (Å²) in [4.78, 5) is 40.1. The molecule has 6 rings (SSSR count). The van der Waals surface area contributed by atoms with E-state index in [1.54, 1.807) is 0 Å². The van der Waals surface area contributed by atoms with E-state index in [4.69, 9.17) is 0 Å². The third kappa shape index (κ3) is 5.83. The van der Waals surface area contributed by atoms with Gasteiger partial charge in [-0.3, -0.25) is 24.2 Å². The van der Waals surface area contributed by atoms with Crippen LogP contribution in [0.4, 0.5) is 58.4 Å². The first-order valence-electron chi connectivity index (χ1n) is 15.9. The SMILES string of the molecule is CCN1C(=O)c2ccc(C(c3ccc4c(c3)C(=O)N(c3ccc(-c5ccc(C)cc5C(F)(F)F)c(C(F)(F)F)c3)C4(C)O)(C(F)(F)F)C(F)(F)F)cc2C1=O. The van der Waals surface area contributed by atoms with Crippen LogP contribution in [0, 0.1) is 6.92 Å². The molecule has 0 fully saturated rings. The van der Waals surface area contributed by atoms with Crippen LogP contribution in [-0.2, 0) is 23.5 Å². The van der Waals surface area contributed by atoms with Crippen molar-refractivity contribution in [3.8, 4) is 11.1 Å². The number of alkyl halides is 12. The van der Waals surface area contributed by atoms with Crippen LogP contribution in [0.5, 0.6) is 0 Å². The summed E-state index contributed by atoms with van der Waals surface area (Å²) in [5.41, 5.74) is -19.4. The lowest BCUT2D eigenvalue weighted by Gasteiger charge is -2.38. The summed E-state index contributed by atoms with van der Waals surface area (Å²) < 4.78 is 176. The predicted molar refractivity (Wildman–Crippen MR) is 170 cm³/mol. The number of fused-ring (bicyclic) bond motifs is 2. The fourth-order valence-electron chi connectivity index (χ4n) is 7.24. The van der Waals surface area contributed by atoms with Crippen LogP contribution in [0.2, 0.25) is 0 Å². The van der Waals surface area contributed by atoms with E-state index in [1.807, 2.05) is 0 Å². The monoisotopic (exact) mass is 788 g/mol. The first kappa shape index (κ1) is 39.3. The molecule has 2 aliphatic rings. The zero-order chi connectivity index (χ0) is 41.0. The molecule has 1 unspecified atom stereocenters. The van der Waals surface area contributed by atoms with Crippen molar-refractivity contribution in [2.75, 3.05) is 11.4 Å². The molecule has 3 amide bonds. The van der Waals surface area contributed by atoms with Crippen molar-refractivity contribution in [2.24, 2.45) is 0 Å². The molecule has 0 aromatic heterocycles. The van der Waals surface area contributed by atoms with Gasteiger partial charge >= 0.3 is 24.7 Å². The van der Waals surface area contributed by atoms with Gasteiger partial charge in [-0.2, -0.15) is 52.7 Å². The van der Waals surface area contributed by atoms with E-state index in [-0.39, 0.29) is 35.2 Å². The van der Waals surface area contributed by atoms with Crippen molar-refractivity contribution in [3.05, 3.63) is 123 Å². The molecule has 18 heteroatoms. The Kier molecular flexibility index (Phi) is 8.80. The van der Waals surface area contributed by atoms with Gasteiger partial charge in [0.05, 0.1) is 22.3 Å². The molecule has 0 spiro atoms. The number of aliphatic hydroxyl groups is 1. The van der Waals surface area contributed by atoms with E-state index >= 15 is 26.3 Å². The maximum Gasteiger partial charge on any atom is 0.417 e. The molecule has 0 saturated carbocycles. The molecule has 2 aliphatic heterocycles. The van der Waals surface area contributed by atoms with Crippen molar-refractivity contribution in [2.45, 2.75) is 56.6 Å². The second-order valence-corrected chi connectivity index (χ2v) is 13.1. The van der Waals surface area contributed by atoms with Crippen LogP contribution in [0.3, 0.4) is 0 Å². The van der Waals surface area contributed by atoms with Gasteiger partial charge in [0.2, 0.25) is 5.41 Å². The van der Waals surface area contributed by atoms with Crippen molar-refractivity contribution >= 4 is 23.4 Å². The average Bonchev–Trinajstić information content (AvgIpc) is 3.42. The number of carbonyl (C=O) groups is 3. The number of hydrogen-bond donors (Lipinski definition) is 1. The number of halogens is 12. The number of rotatable bonds is 5. The fourth-order valence-corrected chi connectivity index (χ4v) is 7.24. The zero-order valence-corrected chi connectivity index (χ0v) is 28.2. The molecule has 55 heavy (non-hydrogen) atoms. The van der Waals surface area contributed by atoms with E-state index in [0.29, 0.717) is 41.3 Å². The highest BCUT2D eigenvalue weighted by Gasteiger charge is 2.73. The van der Waals surface area contributed by atoms with Gasteiger partial charge in [0.1, 0.15) is 0 Å². The highest BCUT2D eigenvalue weighted by atomic mass is 19.4. The molecular weight excluding hydrogens is 764 g/mol. The summed E-state index contributed by atoms with van der Waals surface area (Å²) >= 11 is 0. The lowest BCUT2D eigenvalue weighted by molar-refractivity contribution is -0.288. The van der Waals surface area contributed by atoms with Crippen LogP contribution in [-0.4, -0.2) is 46.6 Å². The molecule has 0 radical (unpaired) electrons. The van der Waals surface area contributed by atoms with Gasteiger partial charge in [-0.25, -0.2) is 0 Å². The number of carbonyl (C=O) groups excluding carboxylic acids is 3. The molecular formula is C37H24F12N2O4. The van der Waals surface area contributed by atoms with Crippen LogP contribution < -0.4 is 4.90 Å². The molecule has 6 nitrogen and oxygen atoms in total. The Balaban J connectivity index is 1.53. The Morgan fingerprint density at radius 3 is 1.58 bits per heavy atom. The zero-order valence-electron chi connectivity index (χ0n) is 28.2. The third-order valence-electron chi connectivity index (χ3n) is 9.74. The summed E-state index contributed by atoms with van der Waals surface area (Å²) in [6, 6.07) is 6.42. The summed E-state index contributed by atoms with van der Waals surface area (Å²) in [5.74, 6) is -3.66. The number of imide groups is 1. The molecule has 4 aromatic carbocycles. The van der Waals surface area contributed by atoms with Gasteiger partial charge < -0.3 is 5.11 Å². The Morgan fingerprint density at radius 2 is 1.05 bits per heavy atom. The van der Waals surface area contributed by atoms with Crippen LogP contribution in [0.15, 0.2) is 72.8 Å². The van der Waals surface area contributed by atoms with Crippen LogP contribution in [0.25, 0.3) is 11.1 Å². The maximum absolute atomic E-state index is 15.1. The molecule has 1 atom stereocenters. The second-order valence-electron chi connectivity index (χ2n) is 13.1. The minimum absolute atomic E-state index is 0.0695. The standard InChI is InChI=1S/C37H24F12N2O4/c1-4-50-29(52)23-10-6-18(14-24(23)30(50)53)33(36(44,45)46,37(47,48)49)19-7-12-26-25(15-19)31(54)51(32(26,3)55)20-8-11-22(28(16-20)35(41,42)43)21-9-5-17(2)13-27(21)34(38,39)40/h5-16,55H,4H2,1-3H3. The topological polar surface area (TPSA) is 77.9 Å². The number of benzene rings is 4. The maximum atomic E-state index is 15.1. The smallest absolute Gasteiger partial charge is 0.367 e. The lowest BCUT2D eigenvalue weighted by Crippen LogP contribution is -2.55. The van der Waals surface area contributed by atoms with Gasteiger partial charge in [-0.05, 0) is 79.4 Å². The first-order valence-corrected chi connectivity index (χ1v) is 15.9. The second kappa shape index (κ2) is 12.3. The average molecular weight is 789 g/mol. The Bertz CT molecular complexity index is 2270. The molecule has 0 bridgehead atoms. The summed E-state index contributed by atoms with van der Waals surface area (Å²) in [7, 11) is 0. The van der Waals surface area contributed by atoms with Gasteiger partial charge in [0.15, 0.2) is 5.72 Å². The molecule has 0 saturated heterocycles. The van der Waals surface area contributed by atoms with E-state index < -0.39 is 115 Å². The Labute approximate surface area is 302 Å². The van der Waals surface area contributed by atoms with Crippen LogP contribution in [0.1, 0.15) is 78.3 Å². The van der Waals surface area contributed by atoms with Crippen molar-refractivity contribution in [1.82, 2.24) is 4.90 Å². The first-order chi connectivity index (χ1) is 25.2. The normalized spacial score (nSPS) is 18.0. The summed E-state index contributed by atoms with van der Waals surface area (Å²) in [6.07, 6.45) is -23.0. The van der Waals surface area contributed by atoms with Gasteiger partial charge in [0, 0.05) is 23.4 Å². The molecule has 1 N–H and O–H groups in total. The van der Waals surface area contributed by atoms with E-state index in [2.05, 4.69) is 0 Å². The molecule has 290 valence electrons. The largest absolute Gasteiger partial charge is 0.417 e. The molecule has 4 aromatic rings. The van der Waals surface area contributed by atoms with E-state index in [0.717, 1.165) is 25.1 Å². The van der Waals surface area contributed by atoms with Gasteiger partial charge in [-0.1, -0.05) is 42.0 Å². The Morgan fingerprint density at radius 1 is 0.582 bits per heavy atom. The quantitative estimate of drug-likeness (QED) is 0.162. The summed E-state index contributed by atoms with van der Waals surface area (Å²) in [5, 5.41) is 11.5. The van der Waals surface area contributed by atoms with Crippen molar-refractivity contribution < 1.29 is 72.2 Å². The minimum Gasteiger partial charge on any atom is -0.367 e. The third-order valence-corrected chi connectivity index (χ3v) is 9.74. The predicted octanol–water partition coefficient (Wildman–Crippen LogP) is 9.55. The lowest BCUT2D eigenvalue weighted by atomic mass is 9.71. The minimum atomic E-state index is -6.25. The summed E-state index contributed by atoms with van der Waals surface area (Å²) in [6.45, 7) is 3.20. The number of hydrogen-bond acceptors (Lipinski definition) is 4. The van der Waals surface area contributed by atoms with Crippen LogP contribution >= 0.6 is 0 Å². The fraction of sp³-hybridized carbons (Fsp3) is 0.270. The number of aryl methyl sites for hydroxylation is 1. The highest BCUT2D eigenvalue weighted by molar-refractivity contribution is 6.21. The van der Waals surface area contributed by atoms with E-state index in [9.17, 15) is 45.8 Å². The highest BCUT2D eigenvalue weighted by Crippen LogP contribution is 2.58. The number of anilines is 1. The number of amides is 3. The molecule has 2 heterocycles. The molecule has 0 aliphatic carbocycles.